The Labute approximate surface area is 123 Å². The number of aliphatic carboxylic acids is 1. The van der Waals surface area contributed by atoms with Gasteiger partial charge in [-0.25, -0.2) is 4.79 Å². The van der Waals surface area contributed by atoms with Crippen LogP contribution in [0.25, 0.3) is 0 Å². The van der Waals surface area contributed by atoms with Crippen LogP contribution in [0.1, 0.15) is 11.3 Å². The third-order valence-corrected chi connectivity index (χ3v) is 3.42. The number of carboxylic acids is 1. The van der Waals surface area contributed by atoms with Gasteiger partial charge in [-0.2, -0.15) is 0 Å². The van der Waals surface area contributed by atoms with Crippen LogP contribution in [-0.4, -0.2) is 17.2 Å². The molecule has 1 aromatic heterocycles. The van der Waals surface area contributed by atoms with Gasteiger partial charge in [0.1, 0.15) is 23.9 Å². The number of hydrogen-bond acceptors (Lipinski definition) is 4. The lowest BCUT2D eigenvalue weighted by molar-refractivity contribution is -0.144. The Bertz CT molecular complexity index is 649. The van der Waals surface area contributed by atoms with Crippen molar-refractivity contribution in [3.8, 4) is 11.5 Å². The van der Waals surface area contributed by atoms with Gasteiger partial charge in [-0.3, -0.25) is 0 Å². The van der Waals surface area contributed by atoms with E-state index in [1.165, 1.54) is 0 Å². The topological polar surface area (TPSA) is 68.9 Å². The molecule has 0 radical (unpaired) electrons. The minimum atomic E-state index is -0.955. The predicted molar refractivity (Wildman–Crippen MR) is 72.9 cm³/mol. The van der Waals surface area contributed by atoms with Crippen molar-refractivity contribution < 1.29 is 23.8 Å². The van der Waals surface area contributed by atoms with Crippen LogP contribution in [0.4, 0.5) is 0 Å². The first-order valence-electron chi connectivity index (χ1n) is 6.01. The molecular weight excluding hydrogens is 328 g/mol. The van der Waals surface area contributed by atoms with Crippen molar-refractivity contribution in [2.24, 2.45) is 0 Å². The molecule has 2 aromatic rings. The van der Waals surface area contributed by atoms with Crippen LogP contribution >= 0.6 is 15.9 Å². The van der Waals surface area contributed by atoms with Crippen LogP contribution in [0.3, 0.4) is 0 Å². The number of carbonyl (C=O) groups is 1. The van der Waals surface area contributed by atoms with E-state index in [2.05, 4.69) is 15.9 Å². The van der Waals surface area contributed by atoms with E-state index in [-0.39, 0.29) is 0 Å². The molecule has 5 nitrogen and oxygen atoms in total. The summed E-state index contributed by atoms with van der Waals surface area (Å²) in [7, 11) is 0. The molecule has 1 aliphatic heterocycles. The van der Waals surface area contributed by atoms with Gasteiger partial charge >= 0.3 is 5.97 Å². The highest BCUT2D eigenvalue weighted by Gasteiger charge is 2.28. The van der Waals surface area contributed by atoms with E-state index in [0.717, 1.165) is 5.56 Å². The van der Waals surface area contributed by atoms with Crippen molar-refractivity contribution in [2.45, 2.75) is 19.1 Å². The Morgan fingerprint density at radius 3 is 2.95 bits per heavy atom. The van der Waals surface area contributed by atoms with Crippen LogP contribution in [0.2, 0.25) is 0 Å². The fourth-order valence-electron chi connectivity index (χ4n) is 2.02. The minimum absolute atomic E-state index is 0.298. The number of ether oxygens (including phenoxy) is 2. The summed E-state index contributed by atoms with van der Waals surface area (Å²) < 4.78 is 16.9. The molecule has 0 aliphatic carbocycles. The Kier molecular flexibility index (Phi) is 3.40. The lowest BCUT2D eigenvalue weighted by atomic mass is 10.1. The maximum atomic E-state index is 10.9. The van der Waals surface area contributed by atoms with E-state index >= 15 is 0 Å². The molecule has 1 aliphatic rings. The number of hydrogen-bond donors (Lipinski definition) is 1. The third kappa shape index (κ3) is 2.65. The molecule has 1 aromatic carbocycles. The number of fused-ring (bicyclic) bond motifs is 1. The zero-order valence-electron chi connectivity index (χ0n) is 10.3. The second kappa shape index (κ2) is 5.20. The largest absolute Gasteiger partial charge is 0.486 e. The summed E-state index contributed by atoms with van der Waals surface area (Å²) >= 11 is 3.22. The predicted octanol–water partition coefficient (Wildman–Crippen LogP) is 3.01. The molecule has 104 valence electrons. The summed E-state index contributed by atoms with van der Waals surface area (Å²) in [4.78, 5) is 10.9. The van der Waals surface area contributed by atoms with Crippen molar-refractivity contribution >= 4 is 21.9 Å². The highest BCUT2D eigenvalue weighted by atomic mass is 79.9. The van der Waals surface area contributed by atoms with Crippen molar-refractivity contribution in [3.63, 3.8) is 0 Å². The van der Waals surface area contributed by atoms with Gasteiger partial charge in [-0.1, -0.05) is 6.07 Å². The average Bonchev–Trinajstić information content (AvgIpc) is 3.01. The second-order valence-electron chi connectivity index (χ2n) is 4.41. The Morgan fingerprint density at radius 2 is 2.25 bits per heavy atom. The molecule has 1 unspecified atom stereocenters. The summed E-state index contributed by atoms with van der Waals surface area (Å²) in [6.07, 6.45) is -0.419. The van der Waals surface area contributed by atoms with Gasteiger partial charge in [-0.05, 0) is 39.7 Å². The monoisotopic (exact) mass is 338 g/mol. The molecule has 0 saturated heterocycles. The molecule has 0 fully saturated rings. The van der Waals surface area contributed by atoms with E-state index in [1.54, 1.807) is 18.2 Å². The quantitative estimate of drug-likeness (QED) is 0.927. The highest BCUT2D eigenvalue weighted by Crippen LogP contribution is 2.32. The van der Waals surface area contributed by atoms with Gasteiger partial charge < -0.3 is 19.0 Å². The maximum Gasteiger partial charge on any atom is 0.345 e. The Hall–Kier alpha value is -1.95. The standard InChI is InChI=1S/C14H11BrO5/c15-13-4-3-10(19-13)7-18-9-2-1-8-5-12(14(16)17)20-11(8)6-9/h1-4,6,12H,5,7H2,(H,16,17). The van der Waals surface area contributed by atoms with Crippen LogP contribution in [0.15, 0.2) is 39.4 Å². The van der Waals surface area contributed by atoms with Crippen molar-refractivity contribution in [1.29, 1.82) is 0 Å². The van der Waals surface area contributed by atoms with Gasteiger partial charge in [0, 0.05) is 12.5 Å². The average molecular weight is 339 g/mol. The molecule has 1 atom stereocenters. The molecule has 1 N–H and O–H groups in total. The summed E-state index contributed by atoms with van der Waals surface area (Å²) in [6, 6.07) is 8.93. The molecule has 0 spiro atoms. The van der Waals surface area contributed by atoms with Gasteiger partial charge in [0.05, 0.1) is 0 Å². The second-order valence-corrected chi connectivity index (χ2v) is 5.19. The van der Waals surface area contributed by atoms with Crippen molar-refractivity contribution in [2.75, 3.05) is 0 Å². The van der Waals surface area contributed by atoms with E-state index < -0.39 is 12.1 Å². The normalized spacial score (nSPS) is 16.6. The van der Waals surface area contributed by atoms with Crippen LogP contribution in [0, 0.1) is 0 Å². The Morgan fingerprint density at radius 1 is 1.40 bits per heavy atom. The first-order valence-corrected chi connectivity index (χ1v) is 6.80. The van der Waals surface area contributed by atoms with Crippen molar-refractivity contribution in [1.82, 2.24) is 0 Å². The lowest BCUT2D eigenvalue weighted by Gasteiger charge is -2.07. The van der Waals surface area contributed by atoms with E-state index in [9.17, 15) is 4.79 Å². The molecule has 0 bridgehead atoms. The number of carboxylic acid groups (broad SMARTS) is 1. The van der Waals surface area contributed by atoms with Gasteiger partial charge in [0.25, 0.3) is 0 Å². The van der Waals surface area contributed by atoms with E-state index in [1.807, 2.05) is 12.1 Å². The first kappa shape index (κ1) is 13.1. The Balaban J connectivity index is 1.68. The number of furan rings is 1. The highest BCUT2D eigenvalue weighted by molar-refractivity contribution is 9.10. The SMILES string of the molecule is O=C(O)C1Cc2ccc(OCc3ccc(Br)o3)cc2O1. The smallest absolute Gasteiger partial charge is 0.345 e. The van der Waals surface area contributed by atoms with Crippen LogP contribution in [-0.2, 0) is 17.8 Å². The third-order valence-electron chi connectivity index (χ3n) is 3.00. The van der Waals surface area contributed by atoms with Gasteiger partial charge in [0.15, 0.2) is 10.8 Å². The minimum Gasteiger partial charge on any atom is -0.486 e. The summed E-state index contributed by atoms with van der Waals surface area (Å²) in [6.45, 7) is 0.298. The van der Waals surface area contributed by atoms with Crippen LogP contribution < -0.4 is 9.47 Å². The fraction of sp³-hybridized carbons (Fsp3) is 0.214. The summed E-state index contributed by atoms with van der Waals surface area (Å²) in [5.74, 6) is 0.920. The van der Waals surface area contributed by atoms with Gasteiger partial charge in [0.2, 0.25) is 0 Å². The first-order chi connectivity index (χ1) is 9.61. The molecular formula is C14H11BrO5. The molecule has 0 saturated carbocycles. The molecule has 20 heavy (non-hydrogen) atoms. The number of benzene rings is 1. The molecule has 3 rings (SSSR count). The van der Waals surface area contributed by atoms with Gasteiger partial charge in [-0.15, -0.1) is 0 Å². The van der Waals surface area contributed by atoms with E-state index in [4.69, 9.17) is 19.0 Å². The summed E-state index contributed by atoms with van der Waals surface area (Å²) in [5, 5.41) is 8.94. The maximum absolute atomic E-state index is 10.9. The lowest BCUT2D eigenvalue weighted by Crippen LogP contribution is -2.24. The number of halogens is 1. The zero-order chi connectivity index (χ0) is 14.1. The molecule has 6 heteroatoms. The summed E-state index contributed by atoms with van der Waals surface area (Å²) in [5.41, 5.74) is 0.880. The fourth-order valence-corrected chi connectivity index (χ4v) is 2.36. The number of rotatable bonds is 4. The zero-order valence-corrected chi connectivity index (χ0v) is 11.9. The molecule has 2 heterocycles. The van der Waals surface area contributed by atoms with Crippen LogP contribution in [0.5, 0.6) is 11.5 Å². The van der Waals surface area contributed by atoms with Crippen molar-refractivity contribution in [3.05, 3.63) is 46.3 Å². The van der Waals surface area contributed by atoms with E-state index in [0.29, 0.717) is 35.0 Å². The molecule has 0 amide bonds.